The van der Waals surface area contributed by atoms with Gasteiger partial charge in [-0.3, -0.25) is 9.19 Å². The van der Waals surface area contributed by atoms with Crippen molar-refractivity contribution in [2.24, 2.45) is 0 Å². The number of anilines is 1. The Labute approximate surface area is 122 Å². The van der Waals surface area contributed by atoms with Gasteiger partial charge >= 0.3 is 0 Å². The number of rotatable bonds is 2. The topological polar surface area (TPSA) is 65.2 Å². The standard InChI is InChI=1S/C15H22N2O2S/c16-13-11-17-8-4-14(13)20(18)12-5-9-19-15(10-12)6-2-1-3-7-15/h4,8,11-12H,1-3,5-7,9-10,16H2. The highest BCUT2D eigenvalue weighted by molar-refractivity contribution is 7.85. The minimum atomic E-state index is -1.05. The maximum atomic E-state index is 12.8. The number of nitrogen functional groups attached to an aromatic ring is 1. The summed E-state index contributed by atoms with van der Waals surface area (Å²) in [6.07, 6.45) is 11.0. The Balaban J connectivity index is 1.77. The molecule has 0 radical (unpaired) electrons. The van der Waals surface area contributed by atoms with E-state index in [1.54, 1.807) is 18.5 Å². The SMILES string of the molecule is Nc1cnccc1S(=O)C1CCOC2(CCCCC2)C1. The molecule has 20 heavy (non-hydrogen) atoms. The lowest BCUT2D eigenvalue weighted by molar-refractivity contribution is -0.0975. The van der Waals surface area contributed by atoms with Crippen molar-refractivity contribution in [1.82, 2.24) is 4.98 Å². The van der Waals surface area contributed by atoms with Crippen molar-refractivity contribution in [3.8, 4) is 0 Å². The van der Waals surface area contributed by atoms with Gasteiger partial charge < -0.3 is 10.5 Å². The fraction of sp³-hybridized carbons (Fsp3) is 0.667. The van der Waals surface area contributed by atoms with E-state index in [0.717, 1.165) is 37.2 Å². The van der Waals surface area contributed by atoms with Crippen LogP contribution in [0.4, 0.5) is 5.69 Å². The van der Waals surface area contributed by atoms with E-state index in [2.05, 4.69) is 4.98 Å². The second kappa shape index (κ2) is 5.82. The average molecular weight is 294 g/mol. The van der Waals surface area contributed by atoms with Crippen LogP contribution in [0.2, 0.25) is 0 Å². The summed E-state index contributed by atoms with van der Waals surface area (Å²) in [4.78, 5) is 4.71. The van der Waals surface area contributed by atoms with Gasteiger partial charge in [0.25, 0.3) is 0 Å². The van der Waals surface area contributed by atoms with Gasteiger partial charge in [-0.15, -0.1) is 0 Å². The molecule has 1 aromatic heterocycles. The molecule has 0 bridgehead atoms. The van der Waals surface area contributed by atoms with Gasteiger partial charge in [0.05, 0.1) is 33.2 Å². The zero-order valence-electron chi connectivity index (χ0n) is 11.7. The van der Waals surface area contributed by atoms with Crippen molar-refractivity contribution in [2.45, 2.75) is 60.7 Å². The van der Waals surface area contributed by atoms with Crippen LogP contribution in [-0.2, 0) is 15.5 Å². The van der Waals surface area contributed by atoms with Crippen LogP contribution in [0.5, 0.6) is 0 Å². The first-order chi connectivity index (χ1) is 9.70. The van der Waals surface area contributed by atoms with Crippen LogP contribution >= 0.6 is 0 Å². The molecule has 0 amide bonds. The summed E-state index contributed by atoms with van der Waals surface area (Å²) < 4.78 is 18.9. The smallest absolute Gasteiger partial charge is 0.0694 e. The zero-order valence-corrected chi connectivity index (χ0v) is 12.5. The molecule has 5 heteroatoms. The van der Waals surface area contributed by atoms with Crippen LogP contribution in [-0.4, -0.2) is 26.7 Å². The molecular weight excluding hydrogens is 272 g/mol. The number of pyridine rings is 1. The summed E-state index contributed by atoms with van der Waals surface area (Å²) in [6.45, 7) is 0.724. The predicted octanol–water partition coefficient (Wildman–Crippen LogP) is 2.65. The quantitative estimate of drug-likeness (QED) is 0.910. The maximum Gasteiger partial charge on any atom is 0.0694 e. The molecule has 1 saturated carbocycles. The van der Waals surface area contributed by atoms with E-state index >= 15 is 0 Å². The molecule has 110 valence electrons. The van der Waals surface area contributed by atoms with Crippen LogP contribution in [0.3, 0.4) is 0 Å². The lowest BCUT2D eigenvalue weighted by atomic mass is 9.80. The Bertz CT molecular complexity index is 495. The number of hydrogen-bond donors (Lipinski definition) is 1. The third-order valence-electron chi connectivity index (χ3n) is 4.54. The first-order valence-electron chi connectivity index (χ1n) is 7.44. The Morgan fingerprint density at radius 3 is 2.90 bits per heavy atom. The summed E-state index contributed by atoms with van der Waals surface area (Å²) in [5, 5.41) is 0.159. The highest BCUT2D eigenvalue weighted by Crippen LogP contribution is 2.40. The van der Waals surface area contributed by atoms with Gasteiger partial charge in [0, 0.05) is 18.1 Å². The summed E-state index contributed by atoms with van der Waals surface area (Å²) in [5.74, 6) is 0. The van der Waals surface area contributed by atoms with Crippen molar-refractivity contribution >= 4 is 16.5 Å². The number of aromatic nitrogens is 1. The van der Waals surface area contributed by atoms with Crippen LogP contribution in [0.1, 0.15) is 44.9 Å². The lowest BCUT2D eigenvalue weighted by Crippen LogP contribution is -2.44. The van der Waals surface area contributed by atoms with Crippen molar-refractivity contribution in [3.05, 3.63) is 18.5 Å². The molecule has 2 fully saturated rings. The molecule has 2 aliphatic rings. The predicted molar refractivity (Wildman–Crippen MR) is 79.8 cm³/mol. The third-order valence-corrected chi connectivity index (χ3v) is 6.36. The average Bonchev–Trinajstić information content (AvgIpc) is 2.48. The molecule has 0 aromatic carbocycles. The van der Waals surface area contributed by atoms with E-state index in [9.17, 15) is 4.21 Å². The summed E-state index contributed by atoms with van der Waals surface area (Å²) in [6, 6.07) is 1.79. The Morgan fingerprint density at radius 2 is 2.15 bits per heavy atom. The third kappa shape index (κ3) is 2.74. The molecule has 3 rings (SSSR count). The molecule has 1 saturated heterocycles. The van der Waals surface area contributed by atoms with Crippen molar-refractivity contribution in [3.63, 3.8) is 0 Å². The van der Waals surface area contributed by atoms with E-state index in [1.165, 1.54) is 19.3 Å². The van der Waals surface area contributed by atoms with Crippen molar-refractivity contribution in [2.75, 3.05) is 12.3 Å². The first-order valence-corrected chi connectivity index (χ1v) is 8.66. The summed E-state index contributed by atoms with van der Waals surface area (Å²) >= 11 is 0. The molecule has 1 aromatic rings. The molecule has 2 heterocycles. The van der Waals surface area contributed by atoms with Gasteiger partial charge in [0.1, 0.15) is 0 Å². The second-order valence-corrected chi connectivity index (χ2v) is 7.62. The van der Waals surface area contributed by atoms with Crippen LogP contribution in [0.25, 0.3) is 0 Å². The van der Waals surface area contributed by atoms with E-state index in [0.29, 0.717) is 5.69 Å². The van der Waals surface area contributed by atoms with E-state index in [1.807, 2.05) is 0 Å². The normalized spacial score (nSPS) is 27.3. The molecule has 2 N–H and O–H groups in total. The van der Waals surface area contributed by atoms with Gasteiger partial charge in [-0.25, -0.2) is 0 Å². The zero-order chi connectivity index (χ0) is 14.0. The van der Waals surface area contributed by atoms with E-state index in [4.69, 9.17) is 10.5 Å². The monoisotopic (exact) mass is 294 g/mol. The summed E-state index contributed by atoms with van der Waals surface area (Å²) in [5.41, 5.74) is 6.43. The Morgan fingerprint density at radius 1 is 1.35 bits per heavy atom. The first kappa shape index (κ1) is 14.0. The van der Waals surface area contributed by atoms with Gasteiger partial charge in [-0.2, -0.15) is 0 Å². The van der Waals surface area contributed by atoms with Gasteiger partial charge in [-0.05, 0) is 31.7 Å². The number of nitrogens with zero attached hydrogens (tertiary/aromatic N) is 1. The molecule has 1 aliphatic carbocycles. The number of ether oxygens (including phenoxy) is 1. The van der Waals surface area contributed by atoms with Crippen molar-refractivity contribution in [1.29, 1.82) is 0 Å². The minimum absolute atomic E-state index is 0.0153. The largest absolute Gasteiger partial charge is 0.396 e. The van der Waals surface area contributed by atoms with E-state index in [-0.39, 0.29) is 10.9 Å². The molecular formula is C15H22N2O2S. The highest BCUT2D eigenvalue weighted by atomic mass is 32.2. The van der Waals surface area contributed by atoms with Gasteiger partial charge in [0.2, 0.25) is 0 Å². The second-order valence-electron chi connectivity index (χ2n) is 5.92. The van der Waals surface area contributed by atoms with Crippen LogP contribution < -0.4 is 5.73 Å². The molecule has 4 nitrogen and oxygen atoms in total. The van der Waals surface area contributed by atoms with Crippen LogP contribution in [0.15, 0.2) is 23.4 Å². The molecule has 1 spiro atoms. The molecule has 2 unspecified atom stereocenters. The Kier molecular flexibility index (Phi) is 4.08. The fourth-order valence-corrected chi connectivity index (χ4v) is 5.07. The van der Waals surface area contributed by atoms with Crippen LogP contribution in [0, 0.1) is 0 Å². The van der Waals surface area contributed by atoms with E-state index < -0.39 is 10.8 Å². The maximum absolute atomic E-state index is 12.8. The van der Waals surface area contributed by atoms with Gasteiger partial charge in [-0.1, -0.05) is 19.3 Å². The summed E-state index contributed by atoms with van der Waals surface area (Å²) in [7, 11) is -1.05. The highest BCUT2D eigenvalue weighted by Gasteiger charge is 2.40. The minimum Gasteiger partial charge on any atom is -0.396 e. The number of hydrogen-bond acceptors (Lipinski definition) is 4. The fourth-order valence-electron chi connectivity index (χ4n) is 3.47. The molecule has 1 aliphatic heterocycles. The van der Waals surface area contributed by atoms with Crippen molar-refractivity contribution < 1.29 is 8.95 Å². The Hall–Kier alpha value is -0.940. The lowest BCUT2D eigenvalue weighted by Gasteiger charge is -2.43. The number of nitrogens with two attached hydrogens (primary N) is 1. The van der Waals surface area contributed by atoms with Gasteiger partial charge in [0.15, 0.2) is 0 Å². The molecule has 2 atom stereocenters.